The van der Waals surface area contributed by atoms with Crippen LogP contribution in [0.3, 0.4) is 0 Å². The molecule has 1 fully saturated rings. The summed E-state index contributed by atoms with van der Waals surface area (Å²) in [5, 5.41) is 0. The van der Waals surface area contributed by atoms with Gasteiger partial charge in [-0.25, -0.2) is 8.42 Å². The number of piperidine rings is 1. The average Bonchev–Trinajstić information content (AvgIpc) is 2.83. The van der Waals surface area contributed by atoms with Gasteiger partial charge in [0, 0.05) is 17.5 Å². The first-order valence-corrected chi connectivity index (χ1v) is 9.32. The Bertz CT molecular complexity index is 541. The van der Waals surface area contributed by atoms with Gasteiger partial charge in [-0.15, -0.1) is 22.9 Å². The molecule has 1 aromatic rings. The number of hydrogen-bond acceptors (Lipinski definition) is 3. The molecule has 1 aliphatic rings. The van der Waals surface area contributed by atoms with Gasteiger partial charge in [-0.3, -0.25) is 0 Å². The summed E-state index contributed by atoms with van der Waals surface area (Å²) < 4.78 is 27.5. The van der Waals surface area contributed by atoms with Crippen LogP contribution in [0.15, 0.2) is 16.3 Å². The van der Waals surface area contributed by atoms with Gasteiger partial charge < -0.3 is 0 Å². The van der Waals surface area contributed by atoms with Gasteiger partial charge in [0.05, 0.1) is 5.88 Å². The van der Waals surface area contributed by atoms with E-state index in [4.69, 9.17) is 11.6 Å². The molecule has 0 aromatic carbocycles. The maximum Gasteiger partial charge on any atom is 0.252 e. The first-order valence-electron chi connectivity index (χ1n) is 6.52. The Morgan fingerprint density at radius 3 is 2.63 bits per heavy atom. The molecule has 6 heteroatoms. The molecule has 0 aliphatic carbocycles. The third-order valence-electron chi connectivity index (χ3n) is 3.88. The molecule has 108 valence electrons. The predicted octanol–water partition coefficient (Wildman–Crippen LogP) is 3.54. The van der Waals surface area contributed by atoms with Crippen LogP contribution in [-0.2, 0) is 15.9 Å². The highest BCUT2D eigenvalue weighted by molar-refractivity contribution is 7.91. The van der Waals surface area contributed by atoms with E-state index in [9.17, 15) is 8.42 Å². The van der Waals surface area contributed by atoms with E-state index in [0.29, 0.717) is 28.5 Å². The number of alkyl halides is 1. The van der Waals surface area contributed by atoms with Gasteiger partial charge in [0.1, 0.15) is 4.21 Å². The second-order valence-corrected chi connectivity index (χ2v) is 9.04. The van der Waals surface area contributed by atoms with Crippen molar-refractivity contribution in [3.05, 3.63) is 17.0 Å². The van der Waals surface area contributed by atoms with Crippen LogP contribution in [0.5, 0.6) is 0 Å². The number of halogens is 1. The fraction of sp³-hybridized carbons (Fsp3) is 0.692. The van der Waals surface area contributed by atoms with Crippen LogP contribution in [0, 0.1) is 11.8 Å². The van der Waals surface area contributed by atoms with Crippen molar-refractivity contribution in [1.82, 2.24) is 4.31 Å². The molecule has 0 spiro atoms. The van der Waals surface area contributed by atoms with Gasteiger partial charge in [-0.1, -0.05) is 13.8 Å². The fourth-order valence-electron chi connectivity index (χ4n) is 2.66. The molecule has 3 nitrogen and oxygen atoms in total. The summed E-state index contributed by atoms with van der Waals surface area (Å²) >= 11 is 7.03. The summed E-state index contributed by atoms with van der Waals surface area (Å²) in [6.45, 7) is 6.86. The van der Waals surface area contributed by atoms with Gasteiger partial charge >= 0.3 is 0 Å². The molecule has 0 amide bonds. The van der Waals surface area contributed by atoms with Crippen LogP contribution in [0.2, 0.25) is 0 Å². The van der Waals surface area contributed by atoms with E-state index in [1.807, 2.05) is 6.92 Å². The van der Waals surface area contributed by atoms with Crippen molar-refractivity contribution in [3.8, 4) is 0 Å². The molecule has 1 saturated heterocycles. The van der Waals surface area contributed by atoms with E-state index in [1.165, 1.54) is 11.3 Å². The molecule has 0 bridgehead atoms. The Hall–Kier alpha value is -0.100. The quantitative estimate of drug-likeness (QED) is 0.798. The van der Waals surface area contributed by atoms with Crippen LogP contribution in [0.4, 0.5) is 0 Å². The van der Waals surface area contributed by atoms with Crippen molar-refractivity contribution >= 4 is 33.0 Å². The van der Waals surface area contributed by atoms with Crippen molar-refractivity contribution in [2.45, 2.75) is 43.3 Å². The first-order chi connectivity index (χ1) is 8.86. The minimum atomic E-state index is -3.37. The molecule has 0 N–H and O–H groups in total. The summed E-state index contributed by atoms with van der Waals surface area (Å²) in [6, 6.07) is 3.53. The van der Waals surface area contributed by atoms with E-state index in [0.717, 1.165) is 11.3 Å². The van der Waals surface area contributed by atoms with Crippen LogP contribution in [0.1, 0.15) is 32.1 Å². The number of sulfonamides is 1. The van der Waals surface area contributed by atoms with Crippen LogP contribution < -0.4 is 0 Å². The molecule has 3 atom stereocenters. The third-order valence-corrected chi connectivity index (χ3v) is 7.83. The highest BCUT2D eigenvalue weighted by atomic mass is 35.5. The predicted molar refractivity (Wildman–Crippen MR) is 80.2 cm³/mol. The molecule has 2 heterocycles. The summed E-state index contributed by atoms with van der Waals surface area (Å²) in [4.78, 5) is 0.894. The van der Waals surface area contributed by atoms with E-state index >= 15 is 0 Å². The molecule has 0 radical (unpaired) electrons. The maximum absolute atomic E-state index is 12.7. The Labute approximate surface area is 124 Å². The van der Waals surface area contributed by atoms with Crippen LogP contribution in [-0.4, -0.2) is 25.3 Å². The Morgan fingerprint density at radius 1 is 1.37 bits per heavy atom. The minimum absolute atomic E-state index is 0.0581. The number of hydrogen-bond donors (Lipinski definition) is 0. The highest BCUT2D eigenvalue weighted by Gasteiger charge is 2.37. The Balaban J connectivity index is 2.32. The largest absolute Gasteiger partial charge is 0.252 e. The maximum atomic E-state index is 12.7. The fourth-order valence-corrected chi connectivity index (χ4v) is 6.10. The van der Waals surface area contributed by atoms with Gasteiger partial charge in [0.15, 0.2) is 0 Å². The number of thiophene rings is 1. The zero-order valence-corrected chi connectivity index (χ0v) is 13.9. The van der Waals surface area contributed by atoms with E-state index in [1.54, 1.807) is 16.4 Å². The smallest absolute Gasteiger partial charge is 0.206 e. The molecule has 2 rings (SSSR count). The summed E-state index contributed by atoms with van der Waals surface area (Å²) in [7, 11) is -3.37. The normalized spacial score (nSPS) is 29.6. The highest BCUT2D eigenvalue weighted by Crippen LogP contribution is 2.34. The van der Waals surface area contributed by atoms with Crippen molar-refractivity contribution in [2.75, 3.05) is 6.54 Å². The van der Waals surface area contributed by atoms with Crippen LogP contribution in [0.25, 0.3) is 0 Å². The van der Waals surface area contributed by atoms with Gasteiger partial charge in [-0.05, 0) is 37.3 Å². The monoisotopic (exact) mass is 321 g/mol. The van der Waals surface area contributed by atoms with Crippen molar-refractivity contribution in [3.63, 3.8) is 0 Å². The number of rotatable bonds is 3. The lowest BCUT2D eigenvalue weighted by molar-refractivity contribution is 0.157. The standard InChI is InChI=1S/C13H20ClNO2S2/c1-9-6-10(2)11(3)15(8-9)19(16,17)13-5-4-12(7-14)18-13/h4-5,9-11H,6-8H2,1-3H3. The Kier molecular flexibility index (Phi) is 4.60. The molecule has 19 heavy (non-hydrogen) atoms. The van der Waals surface area contributed by atoms with E-state index in [-0.39, 0.29) is 6.04 Å². The molecule has 3 unspecified atom stereocenters. The van der Waals surface area contributed by atoms with Crippen LogP contribution >= 0.6 is 22.9 Å². The zero-order chi connectivity index (χ0) is 14.2. The first kappa shape index (κ1) is 15.3. The summed E-state index contributed by atoms with van der Waals surface area (Å²) in [5.41, 5.74) is 0. The molecule has 0 saturated carbocycles. The number of nitrogens with zero attached hydrogens (tertiary/aromatic N) is 1. The average molecular weight is 322 g/mol. The van der Waals surface area contributed by atoms with Crippen molar-refractivity contribution < 1.29 is 8.42 Å². The topological polar surface area (TPSA) is 37.4 Å². The SMILES string of the molecule is CC1CC(C)C(C)N(S(=O)(=O)c2ccc(CCl)s2)C1. The zero-order valence-electron chi connectivity index (χ0n) is 11.5. The Morgan fingerprint density at radius 2 is 2.05 bits per heavy atom. The molecular weight excluding hydrogens is 302 g/mol. The molecule has 1 aromatic heterocycles. The van der Waals surface area contributed by atoms with Gasteiger partial charge in [0.2, 0.25) is 0 Å². The van der Waals surface area contributed by atoms with Crippen molar-refractivity contribution in [2.24, 2.45) is 11.8 Å². The van der Waals surface area contributed by atoms with Gasteiger partial charge in [0.25, 0.3) is 10.0 Å². The third kappa shape index (κ3) is 2.99. The lowest BCUT2D eigenvalue weighted by Gasteiger charge is -2.39. The second-order valence-electron chi connectivity index (χ2n) is 5.49. The summed E-state index contributed by atoms with van der Waals surface area (Å²) in [6.07, 6.45) is 1.09. The lowest BCUT2D eigenvalue weighted by atomic mass is 9.88. The second kappa shape index (κ2) is 5.72. The minimum Gasteiger partial charge on any atom is -0.206 e. The lowest BCUT2D eigenvalue weighted by Crippen LogP contribution is -2.48. The van der Waals surface area contributed by atoms with Gasteiger partial charge in [-0.2, -0.15) is 4.31 Å². The van der Waals surface area contributed by atoms with E-state index in [2.05, 4.69) is 13.8 Å². The molecular formula is C13H20ClNO2S2. The molecule has 1 aliphatic heterocycles. The summed E-state index contributed by atoms with van der Waals surface area (Å²) in [5.74, 6) is 1.17. The van der Waals surface area contributed by atoms with Crippen molar-refractivity contribution in [1.29, 1.82) is 0 Å². The van der Waals surface area contributed by atoms with E-state index < -0.39 is 10.0 Å².